The molecular weight excluding hydrogens is 484 g/mol. The predicted molar refractivity (Wildman–Crippen MR) is 150 cm³/mol. The molecule has 0 radical (unpaired) electrons. The van der Waals surface area contributed by atoms with E-state index in [4.69, 9.17) is 9.47 Å². The summed E-state index contributed by atoms with van der Waals surface area (Å²) in [6, 6.07) is 13.4. The average Bonchev–Trinajstić information content (AvgIpc) is 2.90. The van der Waals surface area contributed by atoms with Crippen molar-refractivity contribution in [2.75, 3.05) is 44.0 Å². The van der Waals surface area contributed by atoms with Gasteiger partial charge in [-0.3, -0.25) is 4.79 Å². The molecule has 0 aliphatic carbocycles. The van der Waals surface area contributed by atoms with Crippen molar-refractivity contribution < 1.29 is 24.2 Å². The lowest BCUT2D eigenvalue weighted by Crippen LogP contribution is -2.47. The second-order valence-electron chi connectivity index (χ2n) is 10.0. The maximum atomic E-state index is 14.0. The van der Waals surface area contributed by atoms with Crippen molar-refractivity contribution in [1.29, 1.82) is 0 Å². The summed E-state index contributed by atoms with van der Waals surface area (Å²) in [6.07, 6.45) is 2.49. The number of benzene rings is 2. The monoisotopic (exact) mass is 526 g/mol. The second-order valence-corrected chi connectivity index (χ2v) is 10.0. The van der Waals surface area contributed by atoms with Crippen LogP contribution in [0.25, 0.3) is 0 Å². The normalized spacial score (nSPS) is 22.0. The first-order valence-corrected chi connectivity index (χ1v) is 13.4. The van der Waals surface area contributed by atoms with E-state index in [2.05, 4.69) is 22.9 Å². The van der Waals surface area contributed by atoms with E-state index in [1.807, 2.05) is 39.1 Å². The number of carbonyl (C=O) groups excluding carboxylic acids is 2. The smallest absolute Gasteiger partial charge is 0.323 e. The molecule has 1 aliphatic heterocycles. The molecule has 0 bridgehead atoms. The number of nitrogens with one attached hydrogen (secondary N) is 3. The third kappa shape index (κ3) is 8.44. The first kappa shape index (κ1) is 29.4. The standard InChI is InChI=1S/C29H42N4O5/c1-20-18-33(21(2)19-34)28(35)25-16-24(32-29(36)31-23-11-6-5-7-12-23)13-14-26(25)38-22(3)10-8-9-15-37-27(20)17-30-4/h5-7,11-14,16,20-22,27,30,34H,8-10,15,17-19H2,1-4H3,(H2,31,32,36)/t20-,21-,22+,27+/m0/s1. The molecule has 3 amide bonds. The highest BCUT2D eigenvalue weighted by Gasteiger charge is 2.29. The molecule has 1 aliphatic rings. The number of rotatable bonds is 6. The van der Waals surface area contributed by atoms with Gasteiger partial charge in [-0.1, -0.05) is 25.1 Å². The second kappa shape index (κ2) is 14.7. The zero-order valence-electron chi connectivity index (χ0n) is 22.9. The van der Waals surface area contributed by atoms with Gasteiger partial charge in [-0.05, 0) is 70.5 Å². The van der Waals surface area contributed by atoms with Gasteiger partial charge < -0.3 is 35.4 Å². The highest BCUT2D eigenvalue weighted by atomic mass is 16.5. The number of amides is 3. The maximum Gasteiger partial charge on any atom is 0.323 e. The number of anilines is 2. The SMILES string of the molecule is CNC[C@H]1OCCCC[C@@H](C)Oc2ccc(NC(=O)Nc3ccccc3)cc2C(=O)N([C@@H](C)CO)C[C@@H]1C. The number of carbonyl (C=O) groups is 2. The molecule has 0 aromatic heterocycles. The summed E-state index contributed by atoms with van der Waals surface area (Å²) < 4.78 is 12.4. The largest absolute Gasteiger partial charge is 0.490 e. The third-order valence-corrected chi connectivity index (χ3v) is 6.75. The summed E-state index contributed by atoms with van der Waals surface area (Å²) in [5.41, 5.74) is 1.46. The van der Waals surface area contributed by atoms with Crippen LogP contribution in [-0.2, 0) is 4.74 Å². The zero-order valence-corrected chi connectivity index (χ0v) is 22.9. The lowest BCUT2D eigenvalue weighted by molar-refractivity contribution is -0.000450. The van der Waals surface area contributed by atoms with Crippen molar-refractivity contribution in [2.24, 2.45) is 5.92 Å². The van der Waals surface area contributed by atoms with Gasteiger partial charge in [0.2, 0.25) is 0 Å². The van der Waals surface area contributed by atoms with Crippen LogP contribution in [0.1, 0.15) is 50.4 Å². The molecule has 4 N–H and O–H groups in total. The van der Waals surface area contributed by atoms with Crippen LogP contribution in [0.4, 0.5) is 16.2 Å². The number of likely N-dealkylation sites (N-methyl/N-ethyl adjacent to an activating group) is 1. The van der Waals surface area contributed by atoms with Gasteiger partial charge in [0, 0.05) is 37.0 Å². The highest BCUT2D eigenvalue weighted by molar-refractivity contribution is 6.02. The molecule has 0 fully saturated rings. The van der Waals surface area contributed by atoms with E-state index in [9.17, 15) is 14.7 Å². The number of urea groups is 1. The Bertz CT molecular complexity index is 1030. The van der Waals surface area contributed by atoms with E-state index in [1.54, 1.807) is 35.2 Å². The van der Waals surface area contributed by atoms with Crippen LogP contribution in [0.15, 0.2) is 48.5 Å². The van der Waals surface area contributed by atoms with Crippen molar-refractivity contribution >= 4 is 23.3 Å². The summed E-state index contributed by atoms with van der Waals surface area (Å²) in [7, 11) is 1.89. The van der Waals surface area contributed by atoms with E-state index in [-0.39, 0.29) is 30.6 Å². The van der Waals surface area contributed by atoms with Crippen LogP contribution in [0.5, 0.6) is 5.75 Å². The van der Waals surface area contributed by atoms with Gasteiger partial charge in [-0.25, -0.2) is 4.79 Å². The fourth-order valence-electron chi connectivity index (χ4n) is 4.51. The van der Waals surface area contributed by atoms with Gasteiger partial charge >= 0.3 is 6.03 Å². The van der Waals surface area contributed by atoms with Crippen LogP contribution in [0, 0.1) is 5.92 Å². The third-order valence-electron chi connectivity index (χ3n) is 6.75. The Kier molecular flexibility index (Phi) is 11.4. The molecule has 0 saturated heterocycles. The van der Waals surface area contributed by atoms with Crippen molar-refractivity contribution in [2.45, 2.75) is 58.3 Å². The predicted octanol–water partition coefficient (Wildman–Crippen LogP) is 4.35. The summed E-state index contributed by atoms with van der Waals surface area (Å²) in [5.74, 6) is 0.206. The lowest BCUT2D eigenvalue weighted by atomic mass is 10.0. The number of para-hydroxylation sites is 1. The molecule has 0 unspecified atom stereocenters. The van der Waals surface area contributed by atoms with E-state index in [0.717, 1.165) is 19.3 Å². The molecular formula is C29H42N4O5. The van der Waals surface area contributed by atoms with E-state index >= 15 is 0 Å². The van der Waals surface area contributed by atoms with Crippen LogP contribution in [-0.4, -0.2) is 73.5 Å². The van der Waals surface area contributed by atoms with E-state index in [0.29, 0.717) is 42.4 Å². The van der Waals surface area contributed by atoms with Gasteiger partial charge in [0.1, 0.15) is 5.75 Å². The fourth-order valence-corrected chi connectivity index (χ4v) is 4.51. The summed E-state index contributed by atoms with van der Waals surface area (Å²) in [4.78, 5) is 28.3. The fraction of sp³-hybridized carbons (Fsp3) is 0.517. The number of hydrogen-bond acceptors (Lipinski definition) is 6. The molecule has 38 heavy (non-hydrogen) atoms. The Hall–Kier alpha value is -3.14. The number of hydrogen-bond donors (Lipinski definition) is 4. The molecule has 4 atom stereocenters. The molecule has 9 nitrogen and oxygen atoms in total. The Morgan fingerprint density at radius 2 is 1.84 bits per heavy atom. The first-order chi connectivity index (χ1) is 18.3. The van der Waals surface area contributed by atoms with Crippen LogP contribution in [0.3, 0.4) is 0 Å². The minimum absolute atomic E-state index is 0.0181. The quantitative estimate of drug-likeness (QED) is 0.445. The summed E-state index contributed by atoms with van der Waals surface area (Å²) in [5, 5.41) is 18.8. The van der Waals surface area contributed by atoms with Crippen LogP contribution in [0.2, 0.25) is 0 Å². The molecule has 2 aromatic rings. The molecule has 0 saturated carbocycles. The topological polar surface area (TPSA) is 112 Å². The highest BCUT2D eigenvalue weighted by Crippen LogP contribution is 2.28. The minimum atomic E-state index is -0.420. The molecule has 1 heterocycles. The van der Waals surface area contributed by atoms with Gasteiger partial charge in [0.15, 0.2) is 0 Å². The van der Waals surface area contributed by atoms with Gasteiger partial charge in [-0.2, -0.15) is 0 Å². The number of aliphatic hydroxyl groups is 1. The van der Waals surface area contributed by atoms with Crippen molar-refractivity contribution in [3.05, 3.63) is 54.1 Å². The van der Waals surface area contributed by atoms with Crippen LogP contribution < -0.4 is 20.7 Å². The van der Waals surface area contributed by atoms with Crippen molar-refractivity contribution in [3.8, 4) is 5.75 Å². The number of fused-ring (bicyclic) bond motifs is 1. The Morgan fingerprint density at radius 1 is 1.11 bits per heavy atom. The number of aliphatic hydroxyl groups excluding tert-OH is 1. The molecule has 208 valence electrons. The van der Waals surface area contributed by atoms with Crippen molar-refractivity contribution in [1.82, 2.24) is 10.2 Å². The molecule has 9 heteroatoms. The summed E-state index contributed by atoms with van der Waals surface area (Å²) >= 11 is 0. The number of nitrogens with zero attached hydrogens (tertiary/aromatic N) is 1. The number of ether oxygens (including phenoxy) is 2. The van der Waals surface area contributed by atoms with Crippen LogP contribution >= 0.6 is 0 Å². The molecule has 0 spiro atoms. The lowest BCUT2D eigenvalue weighted by Gasteiger charge is -2.34. The van der Waals surface area contributed by atoms with Gasteiger partial charge in [0.05, 0.1) is 30.4 Å². The maximum absolute atomic E-state index is 14.0. The summed E-state index contributed by atoms with van der Waals surface area (Å²) in [6.45, 7) is 7.39. The van der Waals surface area contributed by atoms with E-state index < -0.39 is 12.1 Å². The zero-order chi connectivity index (χ0) is 27.5. The molecule has 3 rings (SSSR count). The Balaban J connectivity index is 1.93. The van der Waals surface area contributed by atoms with Gasteiger partial charge in [0.25, 0.3) is 5.91 Å². The Labute approximate surface area is 225 Å². The minimum Gasteiger partial charge on any atom is -0.490 e. The molecule has 2 aromatic carbocycles. The van der Waals surface area contributed by atoms with E-state index in [1.165, 1.54) is 0 Å². The Morgan fingerprint density at radius 3 is 2.55 bits per heavy atom. The van der Waals surface area contributed by atoms with Gasteiger partial charge in [-0.15, -0.1) is 0 Å². The van der Waals surface area contributed by atoms with Crippen molar-refractivity contribution in [3.63, 3.8) is 0 Å². The average molecular weight is 527 g/mol. The first-order valence-electron chi connectivity index (χ1n) is 13.4.